The van der Waals surface area contributed by atoms with Crippen molar-refractivity contribution in [2.45, 2.75) is 53.4 Å². The van der Waals surface area contributed by atoms with Crippen LogP contribution in [-0.2, 0) is 29.1 Å². The average Bonchev–Trinajstić information content (AvgIpc) is 3.59. The number of carbonyl (C=O) groups is 2. The minimum absolute atomic E-state index is 0. The third kappa shape index (κ3) is 7.79. The van der Waals surface area contributed by atoms with Gasteiger partial charge in [-0.2, -0.15) is 0 Å². The van der Waals surface area contributed by atoms with Crippen molar-refractivity contribution < 1.29 is 101 Å². The van der Waals surface area contributed by atoms with E-state index in [1.165, 1.54) is 0 Å². The Morgan fingerprint density at radius 3 is 1.47 bits per heavy atom. The predicted molar refractivity (Wildman–Crippen MR) is 172 cm³/mol. The van der Waals surface area contributed by atoms with Crippen LogP contribution in [0.15, 0.2) is 37.4 Å². The molecule has 11 heteroatoms. The Morgan fingerprint density at radius 2 is 1.07 bits per heavy atom. The Hall–Kier alpha value is -2.36. The predicted octanol–water partition coefficient (Wildman–Crippen LogP) is 2.04. The van der Waals surface area contributed by atoms with Gasteiger partial charge in [-0.3, -0.25) is 9.59 Å². The van der Waals surface area contributed by atoms with Crippen molar-refractivity contribution in [1.82, 2.24) is 19.9 Å². The SMILES string of the molecule is C=Cc1c(C)c2cc3[nH]c(cc4nc(cc5nc(cc1[nH]2)C(C)=C5CCC(=O)O)C(CCC(=O)O)=C4C)c(C)c3C=C.[H-].[H-].[Na+].[Na+].[Zn]. The summed E-state index contributed by atoms with van der Waals surface area (Å²) in [6.07, 6.45) is 4.20. The summed E-state index contributed by atoms with van der Waals surface area (Å²) in [7, 11) is 0. The summed E-state index contributed by atoms with van der Waals surface area (Å²) in [6.45, 7) is 16.1. The zero-order valence-electron chi connectivity index (χ0n) is 29.0. The second kappa shape index (κ2) is 16.0. The summed E-state index contributed by atoms with van der Waals surface area (Å²) < 4.78 is 0. The van der Waals surface area contributed by atoms with Gasteiger partial charge in [-0.15, -0.1) is 0 Å². The van der Waals surface area contributed by atoms with Crippen molar-refractivity contribution in [3.05, 3.63) is 82.5 Å². The number of aromatic amines is 2. The van der Waals surface area contributed by atoms with E-state index < -0.39 is 11.9 Å². The van der Waals surface area contributed by atoms with Gasteiger partial charge in [-0.25, -0.2) is 9.97 Å². The number of fused-ring (bicyclic) bond motifs is 8. The van der Waals surface area contributed by atoms with Gasteiger partial charge >= 0.3 is 71.1 Å². The summed E-state index contributed by atoms with van der Waals surface area (Å²) in [6, 6.07) is 7.88. The number of hydrogen-bond acceptors (Lipinski definition) is 4. The quantitative estimate of drug-likeness (QED) is 0.271. The van der Waals surface area contributed by atoms with E-state index in [-0.39, 0.29) is 94.3 Å². The molecule has 0 saturated heterocycles. The molecule has 0 aromatic carbocycles. The largest absolute Gasteiger partial charge is 1.00 e. The maximum Gasteiger partial charge on any atom is 1.00 e. The van der Waals surface area contributed by atoms with Gasteiger partial charge < -0.3 is 23.0 Å². The molecule has 4 N–H and O–H groups in total. The molecule has 0 fully saturated rings. The van der Waals surface area contributed by atoms with Gasteiger partial charge in [0, 0.05) is 65.5 Å². The number of hydrogen-bond donors (Lipinski definition) is 4. The third-order valence-electron chi connectivity index (χ3n) is 8.22. The van der Waals surface area contributed by atoms with Gasteiger partial charge in [0.15, 0.2) is 0 Å². The molecule has 5 rings (SSSR count). The van der Waals surface area contributed by atoms with Gasteiger partial charge in [0.2, 0.25) is 0 Å². The van der Waals surface area contributed by atoms with Gasteiger partial charge in [0.05, 0.1) is 22.8 Å². The van der Waals surface area contributed by atoms with Crippen molar-refractivity contribution in [3.8, 4) is 0 Å². The normalized spacial score (nSPS) is 12.2. The molecule has 0 saturated carbocycles. The first-order chi connectivity index (χ1) is 20.0. The van der Waals surface area contributed by atoms with Crippen LogP contribution in [0.25, 0.3) is 56.5 Å². The van der Waals surface area contributed by atoms with E-state index in [4.69, 9.17) is 9.97 Å². The molecule has 0 atom stereocenters. The summed E-state index contributed by atoms with van der Waals surface area (Å²) in [5, 5.41) is 18.9. The molecule has 5 heterocycles. The van der Waals surface area contributed by atoms with Crippen LogP contribution >= 0.6 is 0 Å². The van der Waals surface area contributed by atoms with Crippen LogP contribution in [0.3, 0.4) is 0 Å². The molecular weight excluding hydrogens is 640 g/mol. The van der Waals surface area contributed by atoms with Crippen LogP contribution in [0.1, 0.15) is 87.4 Å². The molecule has 8 nitrogen and oxygen atoms in total. The summed E-state index contributed by atoms with van der Waals surface area (Å²) in [4.78, 5) is 40.0. The van der Waals surface area contributed by atoms with Crippen molar-refractivity contribution in [2.75, 3.05) is 0 Å². The van der Waals surface area contributed by atoms with Gasteiger partial charge in [-0.1, -0.05) is 25.3 Å². The van der Waals surface area contributed by atoms with Gasteiger partial charge in [0.25, 0.3) is 0 Å². The number of aromatic nitrogens is 4. The van der Waals surface area contributed by atoms with Crippen LogP contribution in [0.5, 0.6) is 0 Å². The fourth-order valence-electron chi connectivity index (χ4n) is 5.77. The van der Waals surface area contributed by atoms with E-state index in [0.29, 0.717) is 24.2 Å². The maximum atomic E-state index is 11.5. The summed E-state index contributed by atoms with van der Waals surface area (Å²) in [5.74, 6) is -1.78. The second-order valence-corrected chi connectivity index (χ2v) is 10.7. The van der Waals surface area contributed by atoms with Crippen LogP contribution in [0.4, 0.5) is 0 Å². The Kier molecular flexibility index (Phi) is 13.8. The molecule has 2 aliphatic heterocycles. The Morgan fingerprint density at radius 1 is 0.689 bits per heavy atom. The fourth-order valence-corrected chi connectivity index (χ4v) is 5.77. The number of H-pyrrole nitrogens is 2. The molecule has 220 valence electrons. The molecule has 0 amide bonds. The van der Waals surface area contributed by atoms with E-state index >= 15 is 0 Å². The number of aliphatic carboxylic acids is 2. The van der Waals surface area contributed by atoms with Crippen molar-refractivity contribution in [3.63, 3.8) is 0 Å². The van der Waals surface area contributed by atoms with E-state index in [1.54, 1.807) is 0 Å². The summed E-state index contributed by atoms with van der Waals surface area (Å²) in [5.41, 5.74) is 13.7. The molecule has 0 radical (unpaired) electrons. The zero-order valence-corrected chi connectivity index (χ0v) is 34.0. The Balaban J connectivity index is 0.00000423. The van der Waals surface area contributed by atoms with Crippen LogP contribution in [0, 0.1) is 13.8 Å². The molecule has 3 aromatic heterocycles. The molecule has 0 spiro atoms. The standard InChI is InChI=1S/C34H34N4O4.2Na.Zn.2H/c1-7-21-17(3)25-13-26-19(5)23(9-11-33(39)40)31(37-26)16-32-24(10-12-34(41)42)20(6)28(38-32)15-30-22(8-2)18(4)27(36-30)14-29(21)35-25;;;;;/h7-8,13-16,35-36H,1-2,9-12H2,3-6H3,(H,39,40)(H,41,42);;;;;/q;2*+1;;2*-1. The first-order valence-corrected chi connectivity index (χ1v) is 13.9. The number of nitrogens with zero attached hydrogens (tertiary/aromatic N) is 2. The van der Waals surface area contributed by atoms with Crippen LogP contribution in [0.2, 0.25) is 0 Å². The monoisotopic (exact) mass is 674 g/mol. The van der Waals surface area contributed by atoms with Crippen molar-refractivity contribution in [2.24, 2.45) is 0 Å². The van der Waals surface area contributed by atoms with E-state index in [2.05, 4.69) is 29.2 Å². The Labute approximate surface area is 322 Å². The zero-order chi connectivity index (χ0) is 30.3. The van der Waals surface area contributed by atoms with E-state index in [0.717, 1.165) is 78.0 Å². The summed E-state index contributed by atoms with van der Waals surface area (Å²) >= 11 is 0. The van der Waals surface area contributed by atoms with Gasteiger partial charge in [0.1, 0.15) is 0 Å². The van der Waals surface area contributed by atoms with Crippen molar-refractivity contribution in [1.29, 1.82) is 0 Å². The molecule has 0 unspecified atom stereocenters. The van der Waals surface area contributed by atoms with Crippen molar-refractivity contribution >= 4 is 68.4 Å². The molecule has 8 bridgehead atoms. The first-order valence-electron chi connectivity index (χ1n) is 13.9. The van der Waals surface area contributed by atoms with E-state index in [1.807, 2.05) is 58.0 Å². The molecule has 0 aliphatic carbocycles. The molecular formula is C34H36N4Na2O4Zn. The number of rotatable bonds is 8. The number of nitrogens with one attached hydrogen (secondary N) is 2. The first kappa shape index (κ1) is 38.8. The maximum absolute atomic E-state index is 11.5. The van der Waals surface area contributed by atoms with Crippen LogP contribution in [-0.4, -0.2) is 42.1 Å². The number of carboxylic acid groups (broad SMARTS) is 2. The minimum Gasteiger partial charge on any atom is -1.00 e. The number of allylic oxidation sites excluding steroid dienone is 4. The second-order valence-electron chi connectivity index (χ2n) is 10.7. The molecule has 2 aliphatic rings. The number of carboxylic acids is 2. The van der Waals surface area contributed by atoms with Gasteiger partial charge in [-0.05, 0) is 98.2 Å². The minimum atomic E-state index is -0.889. The third-order valence-corrected chi connectivity index (χ3v) is 8.22. The topological polar surface area (TPSA) is 132 Å². The van der Waals surface area contributed by atoms with E-state index in [9.17, 15) is 19.8 Å². The Bertz CT molecular complexity index is 1950. The fraction of sp³-hybridized carbons (Fsp3) is 0.235. The molecule has 3 aromatic rings. The average molecular weight is 676 g/mol. The van der Waals surface area contributed by atoms with Crippen LogP contribution < -0.4 is 59.1 Å². The smallest absolute Gasteiger partial charge is 1.00 e. The number of aryl methyl sites for hydroxylation is 2. The molecule has 45 heavy (non-hydrogen) atoms.